The first-order valence-electron chi connectivity index (χ1n) is 3.35. The second-order valence-electron chi connectivity index (χ2n) is 2.49. The third-order valence-electron chi connectivity index (χ3n) is 1.69. The first-order valence-corrected chi connectivity index (χ1v) is 4.64. The fourth-order valence-electron chi connectivity index (χ4n) is 0.987. The van der Waals surface area contributed by atoms with Gasteiger partial charge in [-0.1, -0.05) is 0 Å². The van der Waals surface area contributed by atoms with Gasteiger partial charge >= 0.3 is 0 Å². The van der Waals surface area contributed by atoms with Crippen molar-refractivity contribution < 1.29 is 20.1 Å². The zero-order chi connectivity index (χ0) is 8.43. The van der Waals surface area contributed by atoms with Gasteiger partial charge < -0.3 is 20.1 Å². The molecule has 1 fully saturated rings. The number of hydrogen-bond donors (Lipinski definition) is 3. The van der Waals surface area contributed by atoms with Crippen LogP contribution in [0.3, 0.4) is 0 Å². The highest BCUT2D eigenvalue weighted by molar-refractivity contribution is 7.99. The van der Waals surface area contributed by atoms with Crippen molar-refractivity contribution in [1.29, 1.82) is 0 Å². The van der Waals surface area contributed by atoms with Crippen molar-refractivity contribution >= 4 is 11.8 Å². The highest BCUT2D eigenvalue weighted by Gasteiger charge is 2.36. The van der Waals surface area contributed by atoms with Gasteiger partial charge in [-0.05, 0) is 6.26 Å². The van der Waals surface area contributed by atoms with Gasteiger partial charge in [-0.25, -0.2) is 0 Å². The van der Waals surface area contributed by atoms with Gasteiger partial charge in [0.05, 0.1) is 6.61 Å². The molecule has 11 heavy (non-hydrogen) atoms. The summed E-state index contributed by atoms with van der Waals surface area (Å²) < 4.78 is 5.03. The highest BCUT2D eigenvalue weighted by Crippen LogP contribution is 2.22. The molecule has 66 valence electrons. The van der Waals surface area contributed by atoms with Crippen LogP contribution in [-0.4, -0.2) is 51.9 Å². The Hall–Kier alpha value is 0.190. The number of aliphatic hydroxyl groups excluding tert-OH is 3. The van der Waals surface area contributed by atoms with Crippen molar-refractivity contribution in [3.63, 3.8) is 0 Å². The maximum absolute atomic E-state index is 9.25. The molecule has 3 N–H and O–H groups in total. The van der Waals surface area contributed by atoms with Crippen LogP contribution in [0.25, 0.3) is 0 Å². The summed E-state index contributed by atoms with van der Waals surface area (Å²) in [7, 11) is 0. The lowest BCUT2D eigenvalue weighted by Crippen LogP contribution is -2.51. The van der Waals surface area contributed by atoms with Crippen LogP contribution in [0.2, 0.25) is 0 Å². The quantitative estimate of drug-likeness (QED) is 0.472. The molecule has 0 unspecified atom stereocenters. The number of thioether (sulfide) groups is 1. The molecule has 0 aromatic heterocycles. The van der Waals surface area contributed by atoms with E-state index in [4.69, 9.17) is 14.9 Å². The third kappa shape index (κ3) is 1.86. The molecule has 1 heterocycles. The summed E-state index contributed by atoms with van der Waals surface area (Å²) in [6, 6.07) is 0. The molecule has 0 aliphatic carbocycles. The van der Waals surface area contributed by atoms with E-state index in [1.807, 2.05) is 0 Å². The van der Waals surface area contributed by atoms with E-state index < -0.39 is 23.7 Å². The van der Waals surface area contributed by atoms with E-state index >= 15 is 0 Å². The van der Waals surface area contributed by atoms with E-state index in [9.17, 15) is 5.11 Å². The molecule has 4 nitrogen and oxygen atoms in total. The average molecular weight is 180 g/mol. The molecule has 1 rings (SSSR count). The van der Waals surface area contributed by atoms with Gasteiger partial charge in [0, 0.05) is 0 Å². The predicted molar refractivity (Wildman–Crippen MR) is 41.3 cm³/mol. The maximum Gasteiger partial charge on any atom is 0.131 e. The lowest BCUT2D eigenvalue weighted by molar-refractivity contribution is -0.161. The molecule has 0 aromatic carbocycles. The fraction of sp³-hybridized carbons (Fsp3) is 1.00. The van der Waals surface area contributed by atoms with Crippen molar-refractivity contribution in [2.24, 2.45) is 0 Å². The lowest BCUT2D eigenvalue weighted by atomic mass is 10.1. The largest absolute Gasteiger partial charge is 0.388 e. The zero-order valence-electron chi connectivity index (χ0n) is 6.17. The first-order chi connectivity index (χ1) is 5.16. The summed E-state index contributed by atoms with van der Waals surface area (Å²) in [5, 5.41) is 27.4. The summed E-state index contributed by atoms with van der Waals surface area (Å²) >= 11 is 1.32. The van der Waals surface area contributed by atoms with Crippen molar-refractivity contribution in [3.8, 4) is 0 Å². The van der Waals surface area contributed by atoms with E-state index in [2.05, 4.69) is 0 Å². The third-order valence-corrected chi connectivity index (χ3v) is 2.57. The lowest BCUT2D eigenvalue weighted by Gasteiger charge is -2.34. The minimum Gasteiger partial charge on any atom is -0.388 e. The van der Waals surface area contributed by atoms with Gasteiger partial charge in [0.25, 0.3) is 0 Å². The normalized spacial score (nSPS) is 45.8. The van der Waals surface area contributed by atoms with Crippen LogP contribution in [0.4, 0.5) is 0 Å². The predicted octanol–water partition coefficient (Wildman–Crippen LogP) is -1.21. The van der Waals surface area contributed by atoms with Gasteiger partial charge in [0.1, 0.15) is 23.7 Å². The number of aliphatic hydroxyl groups is 3. The molecule has 4 atom stereocenters. The monoisotopic (exact) mass is 180 g/mol. The van der Waals surface area contributed by atoms with Crippen LogP contribution in [0.5, 0.6) is 0 Å². The van der Waals surface area contributed by atoms with Crippen molar-refractivity contribution in [1.82, 2.24) is 0 Å². The summed E-state index contributed by atoms with van der Waals surface area (Å²) in [5.41, 5.74) is -0.423. The molecule has 0 amide bonds. The van der Waals surface area contributed by atoms with Gasteiger partial charge in [0.2, 0.25) is 0 Å². The standard InChI is InChI=1S/C6H12O4S/c1-11-6-5(9)4(8)3(7)2-10-6/h3-9H,2H2,1H3/t3-,4+,5-,6+/m1/s1. The number of ether oxygens (including phenoxy) is 1. The summed E-state index contributed by atoms with van der Waals surface area (Å²) in [4.78, 5) is 0. The average Bonchev–Trinajstić information content (AvgIpc) is 2.01. The van der Waals surface area contributed by atoms with Crippen molar-refractivity contribution in [2.75, 3.05) is 12.9 Å². The Morgan fingerprint density at radius 2 is 1.91 bits per heavy atom. The summed E-state index contributed by atoms with van der Waals surface area (Å²) in [5.74, 6) is 0. The van der Waals surface area contributed by atoms with Crippen molar-refractivity contribution in [3.05, 3.63) is 0 Å². The van der Waals surface area contributed by atoms with Crippen LogP contribution in [0, 0.1) is 0 Å². The summed E-state index contributed by atoms with van der Waals surface area (Å²) in [6.07, 6.45) is -1.26. The van der Waals surface area contributed by atoms with Gasteiger partial charge in [-0.15, -0.1) is 11.8 Å². The van der Waals surface area contributed by atoms with E-state index in [0.717, 1.165) is 0 Å². The number of rotatable bonds is 1. The molecule has 5 heteroatoms. The minimum absolute atomic E-state index is 0.0870. The Balaban J connectivity index is 2.52. The molecule has 1 saturated heterocycles. The van der Waals surface area contributed by atoms with Crippen LogP contribution in [0.15, 0.2) is 0 Å². The van der Waals surface area contributed by atoms with E-state index in [-0.39, 0.29) is 6.61 Å². The molecule has 1 aliphatic heterocycles. The van der Waals surface area contributed by atoms with Gasteiger partial charge in [0.15, 0.2) is 0 Å². The highest BCUT2D eigenvalue weighted by atomic mass is 32.2. The fourth-order valence-corrected chi connectivity index (χ4v) is 1.64. The minimum atomic E-state index is -1.08. The Morgan fingerprint density at radius 1 is 1.27 bits per heavy atom. The molecular formula is C6H12O4S. The molecule has 1 aliphatic rings. The number of hydrogen-bond acceptors (Lipinski definition) is 5. The van der Waals surface area contributed by atoms with Gasteiger partial charge in [-0.2, -0.15) is 0 Å². The molecule has 0 spiro atoms. The van der Waals surface area contributed by atoms with Crippen LogP contribution in [0.1, 0.15) is 0 Å². The second kappa shape index (κ2) is 3.73. The maximum atomic E-state index is 9.25. The Bertz CT molecular complexity index is 130. The van der Waals surface area contributed by atoms with Crippen LogP contribution >= 0.6 is 11.8 Å². The Morgan fingerprint density at radius 3 is 2.45 bits per heavy atom. The smallest absolute Gasteiger partial charge is 0.131 e. The molecule has 0 aromatic rings. The van der Waals surface area contributed by atoms with E-state index in [1.165, 1.54) is 11.8 Å². The molecular weight excluding hydrogens is 168 g/mol. The van der Waals surface area contributed by atoms with Crippen LogP contribution in [-0.2, 0) is 4.74 Å². The zero-order valence-corrected chi connectivity index (χ0v) is 6.99. The second-order valence-corrected chi connectivity index (χ2v) is 3.42. The SMILES string of the molecule is CS[C@@H]1OC[C@@H](O)[C@H](O)[C@H]1O. The molecule has 0 saturated carbocycles. The van der Waals surface area contributed by atoms with E-state index in [1.54, 1.807) is 6.26 Å². The summed E-state index contributed by atoms with van der Waals surface area (Å²) in [6.45, 7) is 0.0870. The first kappa shape index (κ1) is 9.28. The van der Waals surface area contributed by atoms with E-state index in [0.29, 0.717) is 0 Å². The van der Waals surface area contributed by atoms with Crippen LogP contribution < -0.4 is 0 Å². The Labute approximate surface area is 69.2 Å². The van der Waals surface area contributed by atoms with Gasteiger partial charge in [-0.3, -0.25) is 0 Å². The van der Waals surface area contributed by atoms with Crippen molar-refractivity contribution in [2.45, 2.75) is 23.7 Å². The Kier molecular flexibility index (Phi) is 3.15. The topological polar surface area (TPSA) is 69.9 Å². The molecule has 0 bridgehead atoms. The molecule has 0 radical (unpaired) electrons.